The Morgan fingerprint density at radius 3 is 2.09 bits per heavy atom. The summed E-state index contributed by atoms with van der Waals surface area (Å²) in [5.41, 5.74) is 4.06. The summed E-state index contributed by atoms with van der Waals surface area (Å²) in [5.74, 6) is 0.147. The van der Waals surface area contributed by atoms with Gasteiger partial charge >= 0.3 is 0 Å². The molecule has 0 aliphatic heterocycles. The molecular formula is C40H47F3O. The van der Waals surface area contributed by atoms with Crippen molar-refractivity contribution in [1.29, 1.82) is 0 Å². The first-order valence-corrected chi connectivity index (χ1v) is 16.9. The Kier molecular flexibility index (Phi) is 11.4. The number of unbranched alkanes of at least 4 members (excludes halogenated alkanes) is 3. The summed E-state index contributed by atoms with van der Waals surface area (Å²) in [6.45, 7) is 4.31. The minimum Gasteiger partial charge on any atom is -0.462 e. The predicted molar refractivity (Wildman–Crippen MR) is 177 cm³/mol. The first kappa shape index (κ1) is 32.1. The van der Waals surface area contributed by atoms with E-state index in [1.54, 1.807) is 36.4 Å². The molecule has 1 saturated carbocycles. The van der Waals surface area contributed by atoms with Crippen molar-refractivity contribution in [3.05, 3.63) is 96.0 Å². The Labute approximate surface area is 262 Å². The third-order valence-corrected chi connectivity index (χ3v) is 9.87. The summed E-state index contributed by atoms with van der Waals surface area (Å²) >= 11 is 0. The molecule has 3 aromatic carbocycles. The van der Waals surface area contributed by atoms with Crippen molar-refractivity contribution in [2.75, 3.05) is 0 Å². The van der Waals surface area contributed by atoms with Crippen LogP contribution in [0.2, 0.25) is 0 Å². The molecule has 1 unspecified atom stereocenters. The van der Waals surface area contributed by atoms with Crippen molar-refractivity contribution in [3.63, 3.8) is 0 Å². The van der Waals surface area contributed by atoms with E-state index in [0.717, 1.165) is 49.0 Å². The number of hydrogen-bond donors (Lipinski definition) is 0. The van der Waals surface area contributed by atoms with Crippen molar-refractivity contribution < 1.29 is 17.9 Å². The van der Waals surface area contributed by atoms with E-state index in [-0.39, 0.29) is 17.1 Å². The van der Waals surface area contributed by atoms with Gasteiger partial charge in [0.05, 0.1) is 6.26 Å². The molecule has 1 nitrogen and oxygen atoms in total. The van der Waals surface area contributed by atoms with Gasteiger partial charge in [-0.05, 0) is 103 Å². The maximum atomic E-state index is 15.4. The Morgan fingerprint density at radius 1 is 0.727 bits per heavy atom. The number of halogens is 3. The van der Waals surface area contributed by atoms with E-state index >= 15 is 4.39 Å². The van der Waals surface area contributed by atoms with E-state index in [1.807, 2.05) is 19.1 Å². The molecule has 0 bridgehead atoms. The van der Waals surface area contributed by atoms with Crippen LogP contribution in [0.15, 0.2) is 73.0 Å². The quantitative estimate of drug-likeness (QED) is 0.148. The smallest absolute Gasteiger partial charge is 0.201 e. The lowest BCUT2D eigenvalue weighted by Gasteiger charge is -2.35. The lowest BCUT2D eigenvalue weighted by Crippen LogP contribution is -2.23. The van der Waals surface area contributed by atoms with Crippen molar-refractivity contribution in [3.8, 4) is 28.0 Å². The van der Waals surface area contributed by atoms with Gasteiger partial charge in [0.15, 0.2) is 11.6 Å². The molecule has 0 heterocycles. The molecule has 2 aliphatic rings. The Balaban J connectivity index is 1.20. The molecule has 1 atom stereocenters. The average molecular weight is 601 g/mol. The van der Waals surface area contributed by atoms with Crippen LogP contribution >= 0.6 is 0 Å². The van der Waals surface area contributed by atoms with Crippen LogP contribution in [0.1, 0.15) is 103 Å². The normalized spacial score (nSPS) is 20.6. The van der Waals surface area contributed by atoms with Crippen molar-refractivity contribution in [2.45, 2.75) is 97.3 Å². The number of ether oxygens (including phenoxy) is 1. The van der Waals surface area contributed by atoms with Gasteiger partial charge in [-0.1, -0.05) is 101 Å². The molecular weight excluding hydrogens is 553 g/mol. The van der Waals surface area contributed by atoms with Gasteiger partial charge in [0, 0.05) is 11.1 Å². The number of allylic oxidation sites excluding steroid dienone is 3. The predicted octanol–water partition coefficient (Wildman–Crippen LogP) is 12.7. The minimum atomic E-state index is -1.03. The summed E-state index contributed by atoms with van der Waals surface area (Å²) in [6.07, 6.45) is 21.6. The molecule has 0 N–H and O–H groups in total. The van der Waals surface area contributed by atoms with Crippen LogP contribution in [0.25, 0.3) is 27.8 Å². The molecule has 0 aromatic heterocycles. The second-order valence-electron chi connectivity index (χ2n) is 12.8. The molecule has 1 fully saturated rings. The van der Waals surface area contributed by atoms with E-state index in [9.17, 15) is 8.78 Å². The SMILES string of the molecule is CCCC=COc1ccc(-c2ccc(-c3ccc(C4=CCC(C5CCC(CCCCC)CC5)CC4)cc3F)cc2)c(F)c1F. The highest BCUT2D eigenvalue weighted by molar-refractivity contribution is 5.74. The van der Waals surface area contributed by atoms with Crippen LogP contribution in [-0.4, -0.2) is 0 Å². The highest BCUT2D eigenvalue weighted by Gasteiger charge is 2.29. The fourth-order valence-corrected chi connectivity index (χ4v) is 7.16. The first-order chi connectivity index (χ1) is 21.5. The fraction of sp³-hybridized carbons (Fsp3) is 0.450. The summed E-state index contributed by atoms with van der Waals surface area (Å²) in [6, 6.07) is 15.4. The van der Waals surface area contributed by atoms with Crippen LogP contribution in [0.5, 0.6) is 5.75 Å². The third kappa shape index (κ3) is 7.86. The lowest BCUT2D eigenvalue weighted by molar-refractivity contribution is 0.187. The monoisotopic (exact) mass is 600 g/mol. The van der Waals surface area contributed by atoms with Gasteiger partial charge in [-0.15, -0.1) is 0 Å². The van der Waals surface area contributed by atoms with E-state index in [2.05, 4.69) is 13.0 Å². The summed E-state index contributed by atoms with van der Waals surface area (Å²) in [5, 5.41) is 0. The Bertz CT molecular complexity index is 1430. The first-order valence-electron chi connectivity index (χ1n) is 16.9. The number of benzene rings is 3. The molecule has 4 heteroatoms. The maximum Gasteiger partial charge on any atom is 0.201 e. The van der Waals surface area contributed by atoms with Crippen LogP contribution in [0, 0.1) is 35.2 Å². The van der Waals surface area contributed by atoms with E-state index in [0.29, 0.717) is 16.7 Å². The van der Waals surface area contributed by atoms with E-state index < -0.39 is 11.6 Å². The molecule has 3 aromatic rings. The van der Waals surface area contributed by atoms with Crippen molar-refractivity contribution in [2.24, 2.45) is 17.8 Å². The molecule has 0 radical (unpaired) electrons. The number of hydrogen-bond acceptors (Lipinski definition) is 1. The zero-order chi connectivity index (χ0) is 30.9. The third-order valence-electron chi connectivity index (χ3n) is 9.87. The largest absolute Gasteiger partial charge is 0.462 e. The van der Waals surface area contributed by atoms with Crippen LogP contribution in [0.3, 0.4) is 0 Å². The van der Waals surface area contributed by atoms with Gasteiger partial charge in [-0.3, -0.25) is 0 Å². The number of rotatable bonds is 12. The van der Waals surface area contributed by atoms with Gasteiger partial charge in [-0.2, -0.15) is 4.39 Å². The van der Waals surface area contributed by atoms with E-state index in [4.69, 9.17) is 4.74 Å². The molecule has 44 heavy (non-hydrogen) atoms. The van der Waals surface area contributed by atoms with Gasteiger partial charge in [0.2, 0.25) is 5.82 Å². The molecule has 2 aliphatic carbocycles. The van der Waals surface area contributed by atoms with Gasteiger partial charge in [0.1, 0.15) is 5.82 Å². The fourth-order valence-electron chi connectivity index (χ4n) is 7.16. The highest BCUT2D eigenvalue weighted by Crippen LogP contribution is 2.42. The second kappa shape index (κ2) is 15.6. The average Bonchev–Trinajstić information content (AvgIpc) is 3.06. The minimum absolute atomic E-state index is 0.136. The summed E-state index contributed by atoms with van der Waals surface area (Å²) < 4.78 is 50.2. The second-order valence-corrected chi connectivity index (χ2v) is 12.8. The van der Waals surface area contributed by atoms with Crippen LogP contribution < -0.4 is 4.74 Å². The Hall–Kier alpha value is -3.27. The lowest BCUT2D eigenvalue weighted by atomic mass is 9.70. The molecule has 0 spiro atoms. The van der Waals surface area contributed by atoms with Gasteiger partial charge in [0.25, 0.3) is 0 Å². The van der Waals surface area contributed by atoms with Gasteiger partial charge < -0.3 is 4.74 Å². The summed E-state index contributed by atoms with van der Waals surface area (Å²) in [7, 11) is 0. The Morgan fingerprint density at radius 2 is 1.43 bits per heavy atom. The van der Waals surface area contributed by atoms with E-state index in [1.165, 1.54) is 81.8 Å². The molecule has 234 valence electrons. The van der Waals surface area contributed by atoms with Crippen molar-refractivity contribution >= 4 is 5.57 Å². The zero-order valence-electron chi connectivity index (χ0n) is 26.4. The van der Waals surface area contributed by atoms with Crippen LogP contribution in [-0.2, 0) is 0 Å². The summed E-state index contributed by atoms with van der Waals surface area (Å²) in [4.78, 5) is 0. The zero-order valence-corrected chi connectivity index (χ0v) is 26.4. The van der Waals surface area contributed by atoms with Crippen molar-refractivity contribution in [1.82, 2.24) is 0 Å². The van der Waals surface area contributed by atoms with Gasteiger partial charge in [-0.25, -0.2) is 8.78 Å². The standard InChI is InChI=1S/C40H47F3O/c1-3-5-7-9-28-10-12-29(13-11-28)30-14-16-31(17-15-30)34-22-23-35(37(41)27-34)32-18-20-33(21-19-32)36-24-25-38(40(43)39(36)42)44-26-8-6-4-2/h8,16,18-30H,3-7,9-15,17H2,1-2H3. The topological polar surface area (TPSA) is 9.23 Å². The molecule has 0 saturated heterocycles. The van der Waals surface area contributed by atoms with Crippen LogP contribution in [0.4, 0.5) is 13.2 Å². The molecule has 0 amide bonds. The molecule has 5 rings (SSSR count). The maximum absolute atomic E-state index is 15.4. The highest BCUT2D eigenvalue weighted by atomic mass is 19.2.